The minimum Gasteiger partial charge on any atom is -0.508 e. The smallest absolute Gasteiger partial charge is 0.288 e. The Morgan fingerprint density at radius 2 is 1.73 bits per heavy atom. The van der Waals surface area contributed by atoms with Crippen molar-refractivity contribution in [1.29, 1.82) is 0 Å². The topological polar surface area (TPSA) is 125 Å². The van der Waals surface area contributed by atoms with Crippen molar-refractivity contribution in [3.63, 3.8) is 0 Å². The first-order chi connectivity index (χ1) is 18.0. The Balaban J connectivity index is 1.20. The number of hydrazine groups is 1. The van der Waals surface area contributed by atoms with E-state index in [1.165, 1.54) is 0 Å². The number of phenolic OH excluding ortho intramolecular Hbond substituents is 1. The Kier molecular flexibility index (Phi) is 7.04. The third kappa shape index (κ3) is 5.90. The molecule has 10 nitrogen and oxygen atoms in total. The van der Waals surface area contributed by atoms with Crippen molar-refractivity contribution in [2.24, 2.45) is 0 Å². The van der Waals surface area contributed by atoms with Crippen LogP contribution in [0.3, 0.4) is 0 Å². The van der Waals surface area contributed by atoms with E-state index >= 15 is 0 Å². The summed E-state index contributed by atoms with van der Waals surface area (Å²) in [5, 5.41) is 13.0. The lowest BCUT2D eigenvalue weighted by Crippen LogP contribution is -2.38. The van der Waals surface area contributed by atoms with Gasteiger partial charge in [-0.1, -0.05) is 24.3 Å². The van der Waals surface area contributed by atoms with Crippen LogP contribution in [0.15, 0.2) is 73.1 Å². The number of ether oxygens (including phenoxy) is 1. The highest BCUT2D eigenvalue weighted by Crippen LogP contribution is 2.27. The molecule has 0 atom stereocenters. The summed E-state index contributed by atoms with van der Waals surface area (Å²) in [6.07, 6.45) is 2.60. The van der Waals surface area contributed by atoms with E-state index in [4.69, 9.17) is 4.74 Å². The first kappa shape index (κ1) is 23.9. The maximum absolute atomic E-state index is 14.2. The number of phenols is 1. The Labute approximate surface area is 212 Å². The third-order valence-electron chi connectivity index (χ3n) is 5.65. The summed E-state index contributed by atoms with van der Waals surface area (Å²) in [6.45, 7) is 2.01. The van der Waals surface area contributed by atoms with Crippen molar-refractivity contribution in [2.45, 2.75) is 0 Å². The van der Waals surface area contributed by atoms with Gasteiger partial charge in [0.05, 0.1) is 31.3 Å². The molecule has 188 valence electrons. The van der Waals surface area contributed by atoms with Crippen molar-refractivity contribution in [1.82, 2.24) is 20.4 Å². The first-order valence-corrected chi connectivity index (χ1v) is 11.6. The number of pyridine rings is 1. The van der Waals surface area contributed by atoms with Gasteiger partial charge in [0.2, 0.25) is 5.95 Å². The lowest BCUT2D eigenvalue weighted by atomic mass is 10.0. The van der Waals surface area contributed by atoms with Crippen LogP contribution in [0.2, 0.25) is 0 Å². The summed E-state index contributed by atoms with van der Waals surface area (Å²) in [5.41, 5.74) is 8.61. The van der Waals surface area contributed by atoms with Crippen LogP contribution in [0, 0.1) is 5.82 Å². The van der Waals surface area contributed by atoms with Crippen molar-refractivity contribution < 1.29 is 19.0 Å². The summed E-state index contributed by atoms with van der Waals surface area (Å²) >= 11 is 0. The average Bonchev–Trinajstić information content (AvgIpc) is 2.93. The molecule has 1 amide bonds. The molecule has 37 heavy (non-hydrogen) atoms. The normalized spacial score (nSPS) is 13.2. The van der Waals surface area contributed by atoms with Crippen LogP contribution in [0.5, 0.6) is 5.75 Å². The van der Waals surface area contributed by atoms with E-state index in [2.05, 4.69) is 31.1 Å². The van der Waals surface area contributed by atoms with Gasteiger partial charge in [0.15, 0.2) is 11.6 Å². The van der Waals surface area contributed by atoms with Gasteiger partial charge in [0.25, 0.3) is 5.91 Å². The fourth-order valence-corrected chi connectivity index (χ4v) is 3.82. The largest absolute Gasteiger partial charge is 0.508 e. The van der Waals surface area contributed by atoms with Crippen LogP contribution in [-0.2, 0) is 4.74 Å². The zero-order valence-electron chi connectivity index (χ0n) is 19.7. The van der Waals surface area contributed by atoms with Gasteiger partial charge in [-0.25, -0.2) is 14.4 Å². The minimum atomic E-state index is -0.545. The van der Waals surface area contributed by atoms with Gasteiger partial charge >= 0.3 is 0 Å². The van der Waals surface area contributed by atoms with Gasteiger partial charge in [-0.3, -0.25) is 15.6 Å². The van der Waals surface area contributed by atoms with Crippen molar-refractivity contribution in [3.05, 3.63) is 84.6 Å². The molecule has 1 saturated heterocycles. The second-order valence-corrected chi connectivity index (χ2v) is 8.23. The van der Waals surface area contributed by atoms with E-state index in [1.54, 1.807) is 41.4 Å². The van der Waals surface area contributed by atoms with Crippen LogP contribution in [0.4, 0.5) is 27.5 Å². The molecule has 0 aliphatic carbocycles. The number of rotatable bonds is 7. The van der Waals surface area contributed by atoms with Gasteiger partial charge in [-0.05, 0) is 47.5 Å². The molecule has 4 aromatic rings. The first-order valence-electron chi connectivity index (χ1n) is 11.6. The predicted octanol–water partition coefficient (Wildman–Crippen LogP) is 3.72. The highest BCUT2D eigenvalue weighted by atomic mass is 19.1. The number of aromatic hydroxyl groups is 1. The lowest BCUT2D eigenvalue weighted by Gasteiger charge is -2.28. The molecule has 5 rings (SSSR count). The summed E-state index contributed by atoms with van der Waals surface area (Å²) in [7, 11) is 0. The van der Waals surface area contributed by atoms with Crippen molar-refractivity contribution in [2.75, 3.05) is 41.9 Å². The third-order valence-corrected chi connectivity index (χ3v) is 5.65. The van der Waals surface area contributed by atoms with E-state index in [1.807, 2.05) is 30.3 Å². The summed E-state index contributed by atoms with van der Waals surface area (Å²) < 4.78 is 19.5. The van der Waals surface area contributed by atoms with Gasteiger partial charge in [0.1, 0.15) is 11.4 Å². The SMILES string of the molecule is O=C(NNc1ncc(F)c(N2CCOCC2)n1)c1ccc(Nc2cccc(-c3cccc(O)c3)c2)cn1. The standard InChI is InChI=1S/C26H24FN7O3/c27-22-16-29-26(31-24(22)34-9-11-37-12-10-34)33-32-25(36)23-8-7-20(15-28-23)30-19-5-1-3-17(13-19)18-4-2-6-21(35)14-18/h1-8,13-16,30,35H,9-12H2,(H,32,36)(H,29,31,33). The number of amides is 1. The molecule has 11 heteroatoms. The molecule has 4 N–H and O–H groups in total. The highest BCUT2D eigenvalue weighted by Gasteiger charge is 2.18. The molecule has 0 unspecified atom stereocenters. The van der Waals surface area contributed by atoms with Gasteiger partial charge in [-0.15, -0.1) is 0 Å². The monoisotopic (exact) mass is 501 g/mol. The zero-order valence-corrected chi connectivity index (χ0v) is 19.7. The van der Waals surface area contributed by atoms with Crippen molar-refractivity contribution >= 4 is 29.0 Å². The number of nitrogens with zero attached hydrogens (tertiary/aromatic N) is 4. The van der Waals surface area contributed by atoms with E-state index < -0.39 is 11.7 Å². The molecule has 1 fully saturated rings. The summed E-state index contributed by atoms with van der Waals surface area (Å²) in [4.78, 5) is 26.6. The molecule has 0 bridgehead atoms. The molecule has 2 aromatic heterocycles. The molecule has 0 saturated carbocycles. The maximum Gasteiger partial charge on any atom is 0.288 e. The number of anilines is 4. The number of halogens is 1. The molecule has 1 aliphatic heterocycles. The lowest BCUT2D eigenvalue weighted by molar-refractivity contribution is 0.0957. The Morgan fingerprint density at radius 3 is 2.49 bits per heavy atom. The van der Waals surface area contributed by atoms with Crippen LogP contribution in [-0.4, -0.2) is 52.3 Å². The number of carbonyl (C=O) groups excluding carboxylic acids is 1. The fourth-order valence-electron chi connectivity index (χ4n) is 3.82. The van der Waals surface area contributed by atoms with Gasteiger partial charge in [-0.2, -0.15) is 4.98 Å². The molecule has 0 spiro atoms. The molecule has 1 aliphatic rings. The van der Waals surface area contributed by atoms with E-state index in [9.17, 15) is 14.3 Å². The maximum atomic E-state index is 14.2. The number of hydrogen-bond acceptors (Lipinski definition) is 9. The predicted molar refractivity (Wildman–Crippen MR) is 137 cm³/mol. The number of benzene rings is 2. The average molecular weight is 502 g/mol. The second-order valence-electron chi connectivity index (χ2n) is 8.23. The number of aromatic nitrogens is 3. The fraction of sp³-hybridized carbons (Fsp3) is 0.154. The number of nitrogens with one attached hydrogen (secondary N) is 3. The molecule has 2 aromatic carbocycles. The molecular formula is C26H24FN7O3. The summed E-state index contributed by atoms with van der Waals surface area (Å²) in [5.74, 6) is -0.640. The van der Waals surface area contributed by atoms with E-state index in [0.29, 0.717) is 32.0 Å². The van der Waals surface area contributed by atoms with E-state index in [0.717, 1.165) is 23.0 Å². The van der Waals surface area contributed by atoms with Crippen molar-refractivity contribution in [3.8, 4) is 16.9 Å². The van der Waals surface area contributed by atoms with Crippen LogP contribution < -0.4 is 21.1 Å². The number of morpholine rings is 1. The Hall–Kier alpha value is -4.77. The molecule has 0 radical (unpaired) electrons. The van der Waals surface area contributed by atoms with Crippen LogP contribution in [0.1, 0.15) is 10.5 Å². The highest BCUT2D eigenvalue weighted by molar-refractivity contribution is 5.93. The molecular weight excluding hydrogens is 477 g/mol. The van der Waals surface area contributed by atoms with E-state index in [-0.39, 0.29) is 23.2 Å². The molecule has 3 heterocycles. The Morgan fingerprint density at radius 1 is 0.946 bits per heavy atom. The Bertz CT molecular complexity index is 1400. The van der Waals surface area contributed by atoms with Gasteiger partial charge in [0, 0.05) is 18.8 Å². The zero-order chi connectivity index (χ0) is 25.6. The second kappa shape index (κ2) is 10.9. The number of hydrogen-bond donors (Lipinski definition) is 4. The summed E-state index contributed by atoms with van der Waals surface area (Å²) in [6, 6.07) is 18.1. The quantitative estimate of drug-likeness (QED) is 0.281. The van der Waals surface area contributed by atoms with Crippen LogP contribution in [0.25, 0.3) is 11.1 Å². The van der Waals surface area contributed by atoms with Crippen LogP contribution >= 0.6 is 0 Å². The van der Waals surface area contributed by atoms with Gasteiger partial charge < -0.3 is 20.1 Å². The number of carbonyl (C=O) groups is 1. The minimum absolute atomic E-state index is 0.0566.